The predicted molar refractivity (Wildman–Crippen MR) is 55.0 cm³/mol. The first-order chi connectivity index (χ1) is 7.70. The van der Waals surface area contributed by atoms with E-state index in [1.54, 1.807) is 6.07 Å². The largest absolute Gasteiger partial charge is 0.461 e. The molecule has 0 amide bonds. The van der Waals surface area contributed by atoms with Gasteiger partial charge in [0.25, 0.3) is 0 Å². The van der Waals surface area contributed by atoms with Crippen LogP contribution in [0.4, 0.5) is 0 Å². The normalized spacial score (nSPS) is 18.5. The van der Waals surface area contributed by atoms with E-state index in [1.807, 2.05) is 0 Å². The third kappa shape index (κ3) is 1.96. The summed E-state index contributed by atoms with van der Waals surface area (Å²) in [7, 11) is 0. The first-order valence-corrected chi connectivity index (χ1v) is 5.33. The molecule has 0 aromatic carbocycles. The van der Waals surface area contributed by atoms with Crippen LogP contribution in [0.3, 0.4) is 0 Å². The summed E-state index contributed by atoms with van der Waals surface area (Å²) in [6, 6.07) is 3.05. The number of carbonyl (C=O) groups is 3. The lowest BCUT2D eigenvalue weighted by Crippen LogP contribution is -2.30. The first-order valence-electron chi connectivity index (χ1n) is 5.33. The van der Waals surface area contributed by atoms with Crippen LogP contribution in [0.15, 0.2) is 22.8 Å². The minimum atomic E-state index is -1.13. The van der Waals surface area contributed by atoms with Crippen LogP contribution in [0, 0.1) is 5.92 Å². The van der Waals surface area contributed by atoms with Gasteiger partial charge >= 0.3 is 0 Å². The quantitative estimate of drug-likeness (QED) is 0.433. The van der Waals surface area contributed by atoms with Crippen LogP contribution in [-0.4, -0.2) is 17.3 Å². The number of hydrogen-bond acceptors (Lipinski definition) is 4. The molecule has 1 fully saturated rings. The van der Waals surface area contributed by atoms with Crippen LogP contribution in [-0.2, 0) is 9.59 Å². The monoisotopic (exact) mass is 220 g/mol. The van der Waals surface area contributed by atoms with Gasteiger partial charge in [-0.15, -0.1) is 0 Å². The Hall–Kier alpha value is -1.71. The van der Waals surface area contributed by atoms with Gasteiger partial charge in [-0.05, 0) is 25.0 Å². The van der Waals surface area contributed by atoms with Crippen molar-refractivity contribution in [3.63, 3.8) is 0 Å². The molecule has 1 heterocycles. The molecule has 0 bridgehead atoms. The molecule has 4 nitrogen and oxygen atoms in total. The van der Waals surface area contributed by atoms with Crippen molar-refractivity contribution in [1.82, 2.24) is 0 Å². The molecule has 1 aromatic rings. The van der Waals surface area contributed by atoms with E-state index < -0.39 is 11.7 Å². The third-order valence-electron chi connectivity index (χ3n) is 2.77. The van der Waals surface area contributed by atoms with E-state index in [4.69, 9.17) is 4.42 Å². The summed E-state index contributed by atoms with van der Waals surface area (Å²) in [4.78, 5) is 35.3. The Balaban J connectivity index is 2.26. The van der Waals surface area contributed by atoms with E-state index in [2.05, 4.69) is 0 Å². The van der Waals surface area contributed by atoms with Crippen LogP contribution in [0.2, 0.25) is 0 Å². The molecule has 4 heteroatoms. The van der Waals surface area contributed by atoms with E-state index in [0.29, 0.717) is 25.7 Å². The molecule has 1 aliphatic carbocycles. The minimum absolute atomic E-state index is 0.0913. The highest BCUT2D eigenvalue weighted by Crippen LogP contribution is 2.21. The molecular formula is C12H12O4. The highest BCUT2D eigenvalue weighted by Gasteiger charge is 2.36. The second-order valence-electron chi connectivity index (χ2n) is 3.91. The summed E-state index contributed by atoms with van der Waals surface area (Å²) in [6.45, 7) is 0. The molecule has 2 rings (SSSR count). The SMILES string of the molecule is O=C1CCCCC(=O)C1C(=O)c1ccco1. The zero-order valence-electron chi connectivity index (χ0n) is 8.77. The van der Waals surface area contributed by atoms with Crippen molar-refractivity contribution >= 4 is 17.3 Å². The predicted octanol–water partition coefficient (Wildman–Crippen LogP) is 1.79. The van der Waals surface area contributed by atoms with Crippen molar-refractivity contribution in [2.75, 3.05) is 0 Å². The van der Waals surface area contributed by atoms with E-state index in [1.165, 1.54) is 12.3 Å². The van der Waals surface area contributed by atoms with E-state index in [0.717, 1.165) is 0 Å². The Bertz CT molecular complexity index is 398. The van der Waals surface area contributed by atoms with E-state index in [-0.39, 0.29) is 17.3 Å². The Morgan fingerprint density at radius 3 is 2.31 bits per heavy atom. The van der Waals surface area contributed by atoms with Gasteiger partial charge in [-0.3, -0.25) is 14.4 Å². The van der Waals surface area contributed by atoms with Crippen molar-refractivity contribution in [2.45, 2.75) is 25.7 Å². The number of Topliss-reactive ketones (excluding diaryl/α,β-unsaturated/α-hetero) is 3. The second-order valence-corrected chi connectivity index (χ2v) is 3.91. The molecule has 0 spiro atoms. The Morgan fingerprint density at radius 1 is 1.19 bits per heavy atom. The standard InChI is InChI=1S/C12H12O4/c13-8-4-1-2-5-9(14)11(8)12(15)10-6-3-7-16-10/h3,6-7,11H,1-2,4-5H2. The van der Waals surface area contributed by atoms with Gasteiger partial charge < -0.3 is 4.42 Å². The topological polar surface area (TPSA) is 64.3 Å². The summed E-state index contributed by atoms with van der Waals surface area (Å²) in [5, 5.41) is 0. The molecule has 0 N–H and O–H groups in total. The molecule has 0 atom stereocenters. The van der Waals surface area contributed by atoms with Gasteiger partial charge in [0, 0.05) is 12.8 Å². The third-order valence-corrected chi connectivity index (χ3v) is 2.77. The average molecular weight is 220 g/mol. The Morgan fingerprint density at radius 2 is 1.81 bits per heavy atom. The molecule has 84 valence electrons. The lowest BCUT2D eigenvalue weighted by molar-refractivity contribution is -0.129. The maximum Gasteiger partial charge on any atom is 0.215 e. The fraction of sp³-hybridized carbons (Fsp3) is 0.417. The van der Waals surface area contributed by atoms with Gasteiger partial charge in [-0.25, -0.2) is 0 Å². The lowest BCUT2D eigenvalue weighted by Gasteiger charge is -2.08. The van der Waals surface area contributed by atoms with Crippen LogP contribution in [0.25, 0.3) is 0 Å². The molecule has 1 aromatic heterocycles. The van der Waals surface area contributed by atoms with Crippen molar-refractivity contribution in [2.24, 2.45) is 5.92 Å². The Labute approximate surface area is 92.6 Å². The molecule has 0 unspecified atom stereocenters. The minimum Gasteiger partial charge on any atom is -0.461 e. The lowest BCUT2D eigenvalue weighted by atomic mass is 9.92. The first kappa shape index (κ1) is 10.8. The maximum atomic E-state index is 11.9. The van der Waals surface area contributed by atoms with E-state index >= 15 is 0 Å². The summed E-state index contributed by atoms with van der Waals surface area (Å²) in [5.74, 6) is -2.09. The maximum absolute atomic E-state index is 11.9. The van der Waals surface area contributed by atoms with Crippen molar-refractivity contribution in [3.05, 3.63) is 24.2 Å². The molecule has 16 heavy (non-hydrogen) atoms. The Kier molecular flexibility index (Phi) is 2.99. The zero-order valence-corrected chi connectivity index (χ0v) is 8.77. The molecule has 0 radical (unpaired) electrons. The van der Waals surface area contributed by atoms with Gasteiger partial charge in [0.1, 0.15) is 5.92 Å². The summed E-state index contributed by atoms with van der Waals surface area (Å²) >= 11 is 0. The number of furan rings is 1. The zero-order chi connectivity index (χ0) is 11.5. The fourth-order valence-electron chi connectivity index (χ4n) is 1.92. The van der Waals surface area contributed by atoms with Crippen LogP contribution < -0.4 is 0 Å². The second kappa shape index (κ2) is 4.43. The highest BCUT2D eigenvalue weighted by atomic mass is 16.3. The summed E-state index contributed by atoms with van der Waals surface area (Å²) in [6.07, 6.45) is 3.35. The van der Waals surface area contributed by atoms with Gasteiger partial charge in [0.2, 0.25) is 5.78 Å². The van der Waals surface area contributed by atoms with Gasteiger partial charge in [0.05, 0.1) is 6.26 Å². The van der Waals surface area contributed by atoms with Crippen LogP contribution in [0.1, 0.15) is 36.2 Å². The molecular weight excluding hydrogens is 208 g/mol. The highest BCUT2D eigenvalue weighted by molar-refractivity contribution is 6.23. The summed E-state index contributed by atoms with van der Waals surface area (Å²) < 4.78 is 4.93. The smallest absolute Gasteiger partial charge is 0.215 e. The van der Waals surface area contributed by atoms with Gasteiger partial charge in [-0.2, -0.15) is 0 Å². The number of rotatable bonds is 2. The number of carbonyl (C=O) groups excluding carboxylic acids is 3. The number of hydrogen-bond donors (Lipinski definition) is 0. The van der Waals surface area contributed by atoms with Crippen molar-refractivity contribution < 1.29 is 18.8 Å². The molecule has 0 saturated heterocycles. The fourth-order valence-corrected chi connectivity index (χ4v) is 1.92. The molecule has 0 aliphatic heterocycles. The van der Waals surface area contributed by atoms with Gasteiger partial charge in [0.15, 0.2) is 17.3 Å². The summed E-state index contributed by atoms with van der Waals surface area (Å²) in [5.41, 5.74) is 0. The number of ketones is 3. The van der Waals surface area contributed by atoms with Crippen LogP contribution >= 0.6 is 0 Å². The van der Waals surface area contributed by atoms with Crippen molar-refractivity contribution in [3.8, 4) is 0 Å². The average Bonchev–Trinajstić information content (AvgIpc) is 2.72. The van der Waals surface area contributed by atoms with Gasteiger partial charge in [-0.1, -0.05) is 0 Å². The van der Waals surface area contributed by atoms with Crippen LogP contribution in [0.5, 0.6) is 0 Å². The van der Waals surface area contributed by atoms with Crippen molar-refractivity contribution in [1.29, 1.82) is 0 Å². The molecule has 1 aliphatic rings. The van der Waals surface area contributed by atoms with E-state index in [9.17, 15) is 14.4 Å². The molecule has 1 saturated carbocycles.